The Morgan fingerprint density at radius 3 is 3.00 bits per heavy atom. The van der Waals surface area contributed by atoms with Gasteiger partial charge < -0.3 is 9.84 Å². The molecule has 2 rings (SSSR count). The zero-order valence-electron chi connectivity index (χ0n) is 11.2. The standard InChI is InChI=1S/C14H22N2O2/c1-3-18-14-10-16(9-13(14)17)8-7-12-6-4-5-11(2)15-12/h4-6,13-14,17H,3,7-10H2,1-2H3/t13-,14-/m0/s1. The van der Waals surface area contributed by atoms with Crippen molar-refractivity contribution in [3.8, 4) is 0 Å². The monoisotopic (exact) mass is 250 g/mol. The van der Waals surface area contributed by atoms with Crippen LogP contribution in [0.25, 0.3) is 0 Å². The molecular weight excluding hydrogens is 228 g/mol. The zero-order chi connectivity index (χ0) is 13.0. The van der Waals surface area contributed by atoms with E-state index in [-0.39, 0.29) is 12.2 Å². The number of β-amino-alcohol motifs (C(OH)–C–C–N with tert-alkyl or cyclic N) is 1. The van der Waals surface area contributed by atoms with Gasteiger partial charge in [0.2, 0.25) is 0 Å². The molecule has 0 radical (unpaired) electrons. The van der Waals surface area contributed by atoms with Crippen molar-refractivity contribution in [1.29, 1.82) is 0 Å². The molecule has 1 N–H and O–H groups in total. The number of aromatic nitrogens is 1. The van der Waals surface area contributed by atoms with Gasteiger partial charge in [-0.2, -0.15) is 0 Å². The highest BCUT2D eigenvalue weighted by molar-refractivity contribution is 5.10. The van der Waals surface area contributed by atoms with Gasteiger partial charge in [-0.15, -0.1) is 0 Å². The van der Waals surface area contributed by atoms with Gasteiger partial charge in [0, 0.05) is 44.0 Å². The summed E-state index contributed by atoms with van der Waals surface area (Å²) in [5, 5.41) is 9.85. The number of ether oxygens (including phenoxy) is 1. The van der Waals surface area contributed by atoms with Crippen LogP contribution < -0.4 is 0 Å². The fourth-order valence-electron chi connectivity index (χ4n) is 2.40. The fourth-order valence-corrected chi connectivity index (χ4v) is 2.40. The van der Waals surface area contributed by atoms with Crippen LogP contribution in [-0.4, -0.2) is 53.4 Å². The maximum atomic E-state index is 9.85. The smallest absolute Gasteiger partial charge is 0.0972 e. The second kappa shape index (κ2) is 6.27. The Morgan fingerprint density at radius 1 is 1.44 bits per heavy atom. The summed E-state index contributed by atoms with van der Waals surface area (Å²) in [6.07, 6.45) is 0.545. The minimum absolute atomic E-state index is 0.0273. The van der Waals surface area contributed by atoms with Crippen molar-refractivity contribution in [3.63, 3.8) is 0 Å². The Kier molecular flexibility index (Phi) is 4.69. The molecule has 0 unspecified atom stereocenters. The van der Waals surface area contributed by atoms with Crippen LogP contribution in [0.15, 0.2) is 18.2 Å². The maximum absolute atomic E-state index is 9.85. The van der Waals surface area contributed by atoms with Crippen molar-refractivity contribution in [2.75, 3.05) is 26.2 Å². The third-order valence-electron chi connectivity index (χ3n) is 3.32. The lowest BCUT2D eigenvalue weighted by Gasteiger charge is -2.15. The Hall–Kier alpha value is -0.970. The molecule has 1 saturated heterocycles. The summed E-state index contributed by atoms with van der Waals surface area (Å²) >= 11 is 0. The van der Waals surface area contributed by atoms with E-state index < -0.39 is 0 Å². The molecule has 100 valence electrons. The third-order valence-corrected chi connectivity index (χ3v) is 3.32. The lowest BCUT2D eigenvalue weighted by atomic mass is 10.2. The summed E-state index contributed by atoms with van der Waals surface area (Å²) in [7, 11) is 0. The summed E-state index contributed by atoms with van der Waals surface area (Å²) < 4.78 is 5.51. The van der Waals surface area contributed by atoms with Gasteiger partial charge >= 0.3 is 0 Å². The molecule has 4 heteroatoms. The van der Waals surface area contributed by atoms with Crippen LogP contribution in [0.5, 0.6) is 0 Å². The highest BCUT2D eigenvalue weighted by atomic mass is 16.5. The SMILES string of the molecule is CCO[C@H]1CN(CCc2cccc(C)n2)C[C@@H]1O. The van der Waals surface area contributed by atoms with Gasteiger partial charge in [0.15, 0.2) is 0 Å². The van der Waals surface area contributed by atoms with Crippen LogP contribution in [0, 0.1) is 6.92 Å². The van der Waals surface area contributed by atoms with Crippen LogP contribution in [0.3, 0.4) is 0 Å². The van der Waals surface area contributed by atoms with Crippen LogP contribution in [-0.2, 0) is 11.2 Å². The molecule has 2 atom stereocenters. The van der Waals surface area contributed by atoms with Gasteiger partial charge in [0.1, 0.15) is 0 Å². The molecule has 0 bridgehead atoms. The molecule has 0 amide bonds. The molecule has 0 aromatic carbocycles. The van der Waals surface area contributed by atoms with Gasteiger partial charge in [-0.3, -0.25) is 9.88 Å². The van der Waals surface area contributed by atoms with Crippen molar-refractivity contribution in [1.82, 2.24) is 9.88 Å². The number of nitrogens with zero attached hydrogens (tertiary/aromatic N) is 2. The largest absolute Gasteiger partial charge is 0.389 e. The summed E-state index contributed by atoms with van der Waals surface area (Å²) in [5.41, 5.74) is 2.17. The molecule has 2 heterocycles. The zero-order valence-corrected chi connectivity index (χ0v) is 11.2. The van der Waals surface area contributed by atoms with Crippen molar-refractivity contribution in [2.45, 2.75) is 32.5 Å². The number of likely N-dealkylation sites (tertiary alicyclic amines) is 1. The van der Waals surface area contributed by atoms with Gasteiger partial charge in [-0.1, -0.05) is 6.07 Å². The van der Waals surface area contributed by atoms with Gasteiger partial charge in [-0.05, 0) is 26.0 Å². The summed E-state index contributed by atoms with van der Waals surface area (Å²) in [6, 6.07) is 6.10. The van der Waals surface area contributed by atoms with Crippen LogP contribution >= 0.6 is 0 Å². The van der Waals surface area contributed by atoms with Gasteiger partial charge in [0.05, 0.1) is 12.2 Å². The van der Waals surface area contributed by atoms with Gasteiger partial charge in [0.25, 0.3) is 0 Å². The van der Waals surface area contributed by atoms with Crippen molar-refractivity contribution >= 4 is 0 Å². The number of hydrogen-bond acceptors (Lipinski definition) is 4. The first-order valence-corrected chi connectivity index (χ1v) is 6.63. The highest BCUT2D eigenvalue weighted by Gasteiger charge is 2.31. The molecule has 18 heavy (non-hydrogen) atoms. The van der Waals surface area contributed by atoms with E-state index in [1.165, 1.54) is 0 Å². The predicted molar refractivity (Wildman–Crippen MR) is 70.5 cm³/mol. The maximum Gasteiger partial charge on any atom is 0.0972 e. The highest BCUT2D eigenvalue weighted by Crippen LogP contribution is 2.14. The van der Waals surface area contributed by atoms with E-state index >= 15 is 0 Å². The fraction of sp³-hybridized carbons (Fsp3) is 0.643. The molecule has 0 saturated carbocycles. The Bertz CT molecular complexity index is 384. The molecular formula is C14H22N2O2. The first kappa shape index (κ1) is 13.5. The molecule has 0 spiro atoms. The topological polar surface area (TPSA) is 45.6 Å². The number of rotatable bonds is 5. The van der Waals surface area contributed by atoms with E-state index in [9.17, 15) is 5.11 Å². The van der Waals surface area contributed by atoms with E-state index in [1.807, 2.05) is 26.0 Å². The predicted octanol–water partition coefficient (Wildman–Crippen LogP) is 1.01. The lowest BCUT2D eigenvalue weighted by Crippen LogP contribution is -2.27. The van der Waals surface area contributed by atoms with E-state index in [4.69, 9.17) is 4.74 Å². The van der Waals surface area contributed by atoms with Crippen LogP contribution in [0.2, 0.25) is 0 Å². The van der Waals surface area contributed by atoms with Crippen molar-refractivity contribution < 1.29 is 9.84 Å². The second-order valence-electron chi connectivity index (χ2n) is 4.84. The molecule has 0 aliphatic carbocycles. The average molecular weight is 250 g/mol. The van der Waals surface area contributed by atoms with Gasteiger partial charge in [-0.25, -0.2) is 0 Å². The molecule has 4 nitrogen and oxygen atoms in total. The van der Waals surface area contributed by atoms with E-state index in [0.717, 1.165) is 30.9 Å². The molecule has 1 aliphatic rings. The Morgan fingerprint density at radius 2 is 2.28 bits per heavy atom. The molecule has 1 aliphatic heterocycles. The minimum atomic E-state index is -0.351. The Balaban J connectivity index is 1.81. The third kappa shape index (κ3) is 3.51. The van der Waals surface area contributed by atoms with E-state index in [2.05, 4.69) is 16.0 Å². The first-order chi connectivity index (χ1) is 8.69. The van der Waals surface area contributed by atoms with E-state index in [1.54, 1.807) is 0 Å². The van der Waals surface area contributed by atoms with E-state index in [0.29, 0.717) is 13.2 Å². The van der Waals surface area contributed by atoms with Crippen molar-refractivity contribution in [3.05, 3.63) is 29.6 Å². The average Bonchev–Trinajstić information content (AvgIpc) is 2.69. The number of pyridine rings is 1. The van der Waals surface area contributed by atoms with Crippen molar-refractivity contribution in [2.24, 2.45) is 0 Å². The number of aliphatic hydroxyl groups is 1. The van der Waals surface area contributed by atoms with Crippen LogP contribution in [0.1, 0.15) is 18.3 Å². The summed E-state index contributed by atoms with van der Waals surface area (Å²) in [6.45, 7) is 7.09. The Labute approximate surface area is 109 Å². The quantitative estimate of drug-likeness (QED) is 0.847. The summed E-state index contributed by atoms with van der Waals surface area (Å²) in [4.78, 5) is 6.73. The van der Waals surface area contributed by atoms with Crippen LogP contribution in [0.4, 0.5) is 0 Å². The summed E-state index contributed by atoms with van der Waals surface area (Å²) in [5.74, 6) is 0. The molecule has 1 aromatic heterocycles. The lowest BCUT2D eigenvalue weighted by molar-refractivity contribution is -0.00241. The minimum Gasteiger partial charge on any atom is -0.389 e. The normalized spacial score (nSPS) is 24.6. The molecule has 1 aromatic rings. The second-order valence-corrected chi connectivity index (χ2v) is 4.84. The number of aryl methyl sites for hydroxylation is 1. The first-order valence-electron chi connectivity index (χ1n) is 6.63. The molecule has 1 fully saturated rings. The number of aliphatic hydroxyl groups excluding tert-OH is 1. The number of hydrogen-bond donors (Lipinski definition) is 1.